The molecule has 0 fully saturated rings. The van der Waals surface area contributed by atoms with Crippen LogP contribution in [-0.4, -0.2) is 6.71 Å². The van der Waals surface area contributed by atoms with E-state index < -0.39 is 0 Å². The van der Waals surface area contributed by atoms with Crippen LogP contribution in [0.1, 0.15) is 168 Å². The maximum Gasteiger partial charge on any atom is 0.242 e. The molecule has 0 saturated carbocycles. The molecule has 77 heavy (non-hydrogen) atoms. The van der Waals surface area contributed by atoms with Gasteiger partial charge in [-0.15, -0.1) is 0 Å². The highest BCUT2D eigenvalue weighted by molar-refractivity contribution is 6.97. The van der Waals surface area contributed by atoms with Gasteiger partial charge in [0.25, 0.3) is 0 Å². The van der Waals surface area contributed by atoms with E-state index in [4.69, 9.17) is 0 Å². The molecule has 13 rings (SSSR count). The van der Waals surface area contributed by atoms with Gasteiger partial charge in [0.15, 0.2) is 0 Å². The molecule has 0 radical (unpaired) electrons. The Morgan fingerprint density at radius 2 is 0.844 bits per heavy atom. The Labute approximate surface area is 460 Å². The van der Waals surface area contributed by atoms with Crippen molar-refractivity contribution >= 4 is 40.2 Å². The summed E-state index contributed by atoms with van der Waals surface area (Å²) in [5.41, 5.74) is 30.3. The largest absolute Gasteiger partial charge is 0.310 e. The van der Waals surface area contributed by atoms with Gasteiger partial charge in [0, 0.05) is 28.9 Å². The van der Waals surface area contributed by atoms with Crippen LogP contribution in [0.4, 0.5) is 17.1 Å². The number of benzene rings is 9. The summed E-state index contributed by atoms with van der Waals surface area (Å²) in [4.78, 5) is 2.53. The van der Waals surface area contributed by atoms with Crippen LogP contribution in [0.15, 0.2) is 194 Å². The minimum absolute atomic E-state index is 0.000978. The normalized spacial score (nSPS) is 18.7. The van der Waals surface area contributed by atoms with Crippen molar-refractivity contribution in [3.05, 3.63) is 261 Å². The molecule has 0 bridgehead atoms. The lowest BCUT2D eigenvalue weighted by molar-refractivity contribution is 0.402. The first kappa shape index (κ1) is 49.4. The van der Waals surface area contributed by atoms with Crippen LogP contribution >= 0.6 is 0 Å². The van der Waals surface area contributed by atoms with Crippen molar-refractivity contribution in [3.63, 3.8) is 0 Å². The second-order valence-corrected chi connectivity index (χ2v) is 27.1. The molecule has 2 aliphatic carbocycles. The highest BCUT2D eigenvalue weighted by Crippen LogP contribution is 2.55. The molecule has 2 unspecified atom stereocenters. The van der Waals surface area contributed by atoms with E-state index in [0.29, 0.717) is 0 Å². The van der Waals surface area contributed by atoms with Crippen LogP contribution < -0.4 is 21.3 Å². The summed E-state index contributed by atoms with van der Waals surface area (Å²) in [7, 11) is 0. The Bertz CT molecular complexity index is 3760. The molecule has 0 amide bonds. The van der Waals surface area contributed by atoms with Gasteiger partial charge in [-0.3, -0.25) is 0 Å². The summed E-state index contributed by atoms with van der Waals surface area (Å²) >= 11 is 0. The topological polar surface area (TPSA) is 3.24 Å². The van der Waals surface area contributed by atoms with Crippen LogP contribution in [0.2, 0.25) is 0 Å². The molecule has 0 saturated heterocycles. The Morgan fingerprint density at radius 3 is 1.39 bits per heavy atom. The molecular weight excluding hydrogens is 926 g/mol. The van der Waals surface area contributed by atoms with Crippen molar-refractivity contribution < 1.29 is 0 Å². The highest BCUT2D eigenvalue weighted by Gasteiger charge is 2.50. The third-order valence-corrected chi connectivity index (χ3v) is 18.8. The van der Waals surface area contributed by atoms with Gasteiger partial charge in [-0.1, -0.05) is 250 Å². The van der Waals surface area contributed by atoms with Crippen molar-refractivity contribution in [2.75, 3.05) is 4.90 Å². The molecule has 0 N–H and O–H groups in total. The first-order valence-electron chi connectivity index (χ1n) is 28.5. The lowest BCUT2D eigenvalue weighted by Crippen LogP contribution is -2.63. The van der Waals surface area contributed by atoms with Crippen molar-refractivity contribution in [2.24, 2.45) is 0 Å². The monoisotopic (exact) mass is 1000 g/mol. The number of rotatable bonds is 7. The van der Waals surface area contributed by atoms with Gasteiger partial charge in [-0.05, 0) is 172 Å². The highest BCUT2D eigenvalue weighted by atomic mass is 15.1. The summed E-state index contributed by atoms with van der Waals surface area (Å²) in [5.74, 6) is -0.0976. The number of hydrogen-bond acceptors (Lipinski definition) is 1. The third kappa shape index (κ3) is 7.94. The number of para-hydroxylation sites is 2. The molecule has 9 aromatic rings. The molecule has 4 aliphatic rings. The molecule has 2 heterocycles. The zero-order chi connectivity index (χ0) is 53.6. The standard InChI is InChI=1S/C75H74BN/c1-47-37-62-63(73(7,8)45-72(62,5)6)42-57(47)69-56-35-33-50(48-25-17-13-18-26-48)38-66(56)76-67-44-65-64(74(9,10)46-75(65,11)12)43-59(67)68(55-36-34-51(71(2,3)4)39-58(55)49-27-19-14-20-28-49)60-40-54(41-61(69)70(60)76)77(52-29-21-15-22-30-52)53-31-23-16-24-32-53/h13-44,68-69H,45-46H2,1-12H3. The average molecular weight is 1000 g/mol. The molecular formula is C75H74BN. The quantitative estimate of drug-likeness (QED) is 0.144. The van der Waals surface area contributed by atoms with Crippen molar-refractivity contribution in [1.29, 1.82) is 0 Å². The molecule has 0 aromatic heterocycles. The smallest absolute Gasteiger partial charge is 0.242 e. The number of aryl methyl sites for hydroxylation is 1. The van der Waals surface area contributed by atoms with E-state index in [1.807, 2.05) is 0 Å². The lowest BCUT2D eigenvalue weighted by Gasteiger charge is -2.44. The molecule has 2 heteroatoms. The van der Waals surface area contributed by atoms with Gasteiger partial charge in [0.2, 0.25) is 6.71 Å². The second kappa shape index (κ2) is 17.4. The minimum Gasteiger partial charge on any atom is -0.310 e. The minimum atomic E-state index is -0.0715. The molecule has 382 valence electrons. The third-order valence-electron chi connectivity index (χ3n) is 18.8. The van der Waals surface area contributed by atoms with E-state index in [2.05, 4.69) is 282 Å². The summed E-state index contributed by atoms with van der Waals surface area (Å²) in [6.45, 7) is 29.3. The van der Waals surface area contributed by atoms with Crippen LogP contribution in [0.3, 0.4) is 0 Å². The molecule has 2 aliphatic heterocycles. The Morgan fingerprint density at radius 1 is 0.390 bits per heavy atom. The Hall–Kier alpha value is -7.16. The average Bonchev–Trinajstić information content (AvgIpc) is 3.81. The number of nitrogens with zero attached hydrogens (tertiary/aromatic N) is 1. The van der Waals surface area contributed by atoms with Crippen LogP contribution in [0.5, 0.6) is 0 Å². The zero-order valence-electron chi connectivity index (χ0n) is 47.6. The van der Waals surface area contributed by atoms with E-state index in [1.54, 1.807) is 0 Å². The predicted molar refractivity (Wildman–Crippen MR) is 329 cm³/mol. The van der Waals surface area contributed by atoms with Crippen LogP contribution in [-0.2, 0) is 27.1 Å². The maximum absolute atomic E-state index is 2.73. The lowest BCUT2D eigenvalue weighted by atomic mass is 9.28. The fraction of sp³-hybridized carbons (Fsp3) is 0.280. The zero-order valence-corrected chi connectivity index (χ0v) is 47.6. The second-order valence-electron chi connectivity index (χ2n) is 27.1. The van der Waals surface area contributed by atoms with Crippen molar-refractivity contribution in [1.82, 2.24) is 0 Å². The van der Waals surface area contributed by atoms with Gasteiger partial charge >= 0.3 is 0 Å². The van der Waals surface area contributed by atoms with E-state index in [9.17, 15) is 0 Å². The van der Waals surface area contributed by atoms with Gasteiger partial charge in [-0.25, -0.2) is 0 Å². The summed E-state index contributed by atoms with van der Waals surface area (Å²) in [6, 6.07) is 75.6. The number of fused-ring (bicyclic) bond motifs is 6. The van der Waals surface area contributed by atoms with E-state index in [1.165, 1.54) is 111 Å². The van der Waals surface area contributed by atoms with Crippen LogP contribution in [0, 0.1) is 6.92 Å². The van der Waals surface area contributed by atoms with Crippen molar-refractivity contribution in [3.8, 4) is 22.3 Å². The Kier molecular flexibility index (Phi) is 11.2. The van der Waals surface area contributed by atoms with E-state index in [0.717, 1.165) is 24.2 Å². The van der Waals surface area contributed by atoms with Gasteiger partial charge in [-0.2, -0.15) is 0 Å². The fourth-order valence-corrected chi connectivity index (χ4v) is 15.7. The first-order chi connectivity index (χ1) is 36.7. The van der Waals surface area contributed by atoms with Crippen molar-refractivity contribution in [2.45, 2.75) is 135 Å². The molecule has 2 atom stereocenters. The molecule has 9 aromatic carbocycles. The molecule has 1 nitrogen and oxygen atoms in total. The van der Waals surface area contributed by atoms with Gasteiger partial charge < -0.3 is 4.90 Å². The fourth-order valence-electron chi connectivity index (χ4n) is 15.7. The van der Waals surface area contributed by atoms with E-state index >= 15 is 0 Å². The summed E-state index contributed by atoms with van der Waals surface area (Å²) in [6.07, 6.45) is 2.24. The Balaban J connectivity index is 1.21. The number of hydrogen-bond donors (Lipinski definition) is 0. The SMILES string of the molecule is Cc1cc2c(cc1C1c3ccc(-c4ccccc4)cc3B3c4cc5c(cc4C(c4ccc(C(C)(C)C)cc4-c4ccccc4)c4cc(N(c6ccccc6)c6ccccc6)cc1c43)C(C)(C)CC5(C)C)C(C)(C)CC2(C)C. The van der Waals surface area contributed by atoms with Crippen LogP contribution in [0.25, 0.3) is 22.3 Å². The number of anilines is 3. The van der Waals surface area contributed by atoms with Gasteiger partial charge in [0.05, 0.1) is 0 Å². The van der Waals surface area contributed by atoms with Gasteiger partial charge in [0.1, 0.15) is 0 Å². The predicted octanol–water partition coefficient (Wildman–Crippen LogP) is 17.5. The maximum atomic E-state index is 2.73. The van der Waals surface area contributed by atoms with E-state index in [-0.39, 0.29) is 45.6 Å². The first-order valence-corrected chi connectivity index (χ1v) is 28.5. The molecule has 0 spiro atoms. The summed E-state index contributed by atoms with van der Waals surface area (Å²) < 4.78 is 0. The summed E-state index contributed by atoms with van der Waals surface area (Å²) in [5, 5.41) is 0.